The van der Waals surface area contributed by atoms with Crippen molar-refractivity contribution >= 4 is 11.8 Å². The number of rotatable bonds is 4. The fourth-order valence-corrected chi connectivity index (χ4v) is 2.14. The molecule has 2 aromatic rings. The van der Waals surface area contributed by atoms with Gasteiger partial charge in [0, 0.05) is 23.7 Å². The largest absolute Gasteiger partial charge is 0.366 e. The predicted octanol–water partition coefficient (Wildman–Crippen LogP) is 1.18. The summed E-state index contributed by atoms with van der Waals surface area (Å²) in [6, 6.07) is 9.27. The third-order valence-electron chi connectivity index (χ3n) is 3.02. The molecule has 0 saturated heterocycles. The molecule has 0 aliphatic carbocycles. The Morgan fingerprint density at radius 2 is 1.90 bits per heavy atom. The quantitative estimate of drug-likeness (QED) is 0.871. The predicted molar refractivity (Wildman–Crippen MR) is 75.3 cm³/mol. The summed E-state index contributed by atoms with van der Waals surface area (Å²) < 4.78 is 0. The Morgan fingerprint density at radius 3 is 2.50 bits per heavy atom. The molecule has 0 bridgehead atoms. The molecule has 2 rings (SSSR count). The van der Waals surface area contributed by atoms with Crippen molar-refractivity contribution in [1.29, 1.82) is 0 Å². The number of hydrogen-bond donors (Lipinski definition) is 2. The van der Waals surface area contributed by atoms with Gasteiger partial charge >= 0.3 is 0 Å². The minimum absolute atomic E-state index is 0.0859. The Labute approximate surface area is 116 Å². The van der Waals surface area contributed by atoms with Gasteiger partial charge in [0.25, 0.3) is 5.91 Å². The standard InChI is InChI=1S/C15H15N3O2/c1-9-3-2-4-10(7-9)8-12-11(14(16)19)5-6-18-13(12)15(17)20/h2-7H,8H2,1H3,(H2,16,19)(H2,17,20). The van der Waals surface area contributed by atoms with Gasteiger partial charge in [-0.1, -0.05) is 29.8 Å². The SMILES string of the molecule is Cc1cccc(Cc2c(C(N)=O)ccnc2C(N)=O)c1. The molecule has 0 fully saturated rings. The fraction of sp³-hybridized carbons (Fsp3) is 0.133. The highest BCUT2D eigenvalue weighted by atomic mass is 16.1. The van der Waals surface area contributed by atoms with Crippen LogP contribution in [0, 0.1) is 6.92 Å². The molecule has 0 saturated carbocycles. The van der Waals surface area contributed by atoms with Crippen LogP contribution in [0.1, 0.15) is 37.5 Å². The first kappa shape index (κ1) is 13.7. The number of carbonyl (C=O) groups is 2. The molecule has 0 aliphatic rings. The van der Waals surface area contributed by atoms with Crippen molar-refractivity contribution in [2.24, 2.45) is 11.5 Å². The average Bonchev–Trinajstić information content (AvgIpc) is 2.38. The van der Waals surface area contributed by atoms with Crippen LogP contribution in [0.5, 0.6) is 0 Å². The van der Waals surface area contributed by atoms with Gasteiger partial charge in [-0.05, 0) is 18.6 Å². The minimum Gasteiger partial charge on any atom is -0.366 e. The van der Waals surface area contributed by atoms with Crippen molar-refractivity contribution < 1.29 is 9.59 Å². The summed E-state index contributed by atoms with van der Waals surface area (Å²) in [5.41, 5.74) is 13.5. The van der Waals surface area contributed by atoms with Gasteiger partial charge in [-0.15, -0.1) is 0 Å². The van der Waals surface area contributed by atoms with Crippen LogP contribution in [-0.4, -0.2) is 16.8 Å². The van der Waals surface area contributed by atoms with Crippen LogP contribution in [0.25, 0.3) is 0 Å². The second-order valence-corrected chi connectivity index (χ2v) is 4.58. The summed E-state index contributed by atoms with van der Waals surface area (Å²) in [6.45, 7) is 1.97. The Kier molecular flexibility index (Phi) is 3.79. The first-order valence-corrected chi connectivity index (χ1v) is 6.12. The van der Waals surface area contributed by atoms with Gasteiger partial charge in [0.2, 0.25) is 5.91 Å². The zero-order valence-electron chi connectivity index (χ0n) is 11.1. The van der Waals surface area contributed by atoms with Gasteiger partial charge in [-0.2, -0.15) is 0 Å². The molecule has 20 heavy (non-hydrogen) atoms. The van der Waals surface area contributed by atoms with Crippen LogP contribution in [0.3, 0.4) is 0 Å². The molecule has 102 valence electrons. The molecule has 0 aliphatic heterocycles. The second-order valence-electron chi connectivity index (χ2n) is 4.58. The number of pyridine rings is 1. The van der Waals surface area contributed by atoms with E-state index in [0.29, 0.717) is 12.0 Å². The van der Waals surface area contributed by atoms with E-state index in [1.54, 1.807) is 0 Å². The molecule has 4 N–H and O–H groups in total. The number of benzene rings is 1. The second kappa shape index (κ2) is 5.52. The van der Waals surface area contributed by atoms with Gasteiger partial charge in [-0.3, -0.25) is 14.6 Å². The van der Waals surface area contributed by atoms with Crippen LogP contribution >= 0.6 is 0 Å². The van der Waals surface area contributed by atoms with Crippen molar-refractivity contribution in [2.45, 2.75) is 13.3 Å². The van der Waals surface area contributed by atoms with E-state index < -0.39 is 11.8 Å². The zero-order valence-corrected chi connectivity index (χ0v) is 11.1. The monoisotopic (exact) mass is 269 g/mol. The summed E-state index contributed by atoms with van der Waals surface area (Å²) in [5, 5.41) is 0. The lowest BCUT2D eigenvalue weighted by Crippen LogP contribution is -2.21. The number of carbonyl (C=O) groups excluding carboxylic acids is 2. The maximum atomic E-state index is 11.5. The van der Waals surface area contributed by atoms with Crippen LogP contribution in [-0.2, 0) is 6.42 Å². The smallest absolute Gasteiger partial charge is 0.267 e. The summed E-state index contributed by atoms with van der Waals surface area (Å²) in [7, 11) is 0. The molecule has 0 atom stereocenters. The molecule has 0 unspecified atom stereocenters. The van der Waals surface area contributed by atoms with E-state index in [2.05, 4.69) is 4.98 Å². The summed E-state index contributed by atoms with van der Waals surface area (Å²) in [4.78, 5) is 26.9. The first-order valence-electron chi connectivity index (χ1n) is 6.12. The molecule has 0 radical (unpaired) electrons. The van der Waals surface area contributed by atoms with Crippen LogP contribution < -0.4 is 11.5 Å². The molecular formula is C15H15N3O2. The van der Waals surface area contributed by atoms with Crippen LogP contribution in [0.4, 0.5) is 0 Å². The Bertz CT molecular complexity index is 648. The van der Waals surface area contributed by atoms with Crippen LogP contribution in [0.2, 0.25) is 0 Å². The lowest BCUT2D eigenvalue weighted by atomic mass is 9.97. The highest BCUT2D eigenvalue weighted by Crippen LogP contribution is 2.18. The van der Waals surface area contributed by atoms with Gasteiger partial charge < -0.3 is 11.5 Å². The number of hydrogen-bond acceptors (Lipinski definition) is 3. The van der Waals surface area contributed by atoms with Crippen molar-refractivity contribution in [3.05, 3.63) is 64.5 Å². The third kappa shape index (κ3) is 2.83. The van der Waals surface area contributed by atoms with Crippen molar-refractivity contribution in [3.8, 4) is 0 Å². The highest BCUT2D eigenvalue weighted by molar-refractivity contribution is 5.99. The summed E-state index contributed by atoms with van der Waals surface area (Å²) in [6.07, 6.45) is 1.74. The lowest BCUT2D eigenvalue weighted by Gasteiger charge is -2.10. The van der Waals surface area contributed by atoms with Gasteiger partial charge in [0.1, 0.15) is 5.69 Å². The lowest BCUT2D eigenvalue weighted by molar-refractivity contribution is 0.0994. The van der Waals surface area contributed by atoms with E-state index in [1.165, 1.54) is 12.3 Å². The Balaban J connectivity index is 2.53. The number of aryl methyl sites for hydroxylation is 1. The number of nitrogens with two attached hydrogens (primary N) is 2. The topological polar surface area (TPSA) is 99.1 Å². The molecule has 5 nitrogen and oxygen atoms in total. The molecule has 5 heteroatoms. The molecule has 1 heterocycles. The number of nitrogens with zero attached hydrogens (tertiary/aromatic N) is 1. The van der Waals surface area contributed by atoms with Crippen molar-refractivity contribution in [2.75, 3.05) is 0 Å². The minimum atomic E-state index is -0.671. The Morgan fingerprint density at radius 1 is 1.15 bits per heavy atom. The molecular weight excluding hydrogens is 254 g/mol. The maximum absolute atomic E-state index is 11.5. The Hall–Kier alpha value is -2.69. The van der Waals surface area contributed by atoms with E-state index in [9.17, 15) is 9.59 Å². The third-order valence-corrected chi connectivity index (χ3v) is 3.02. The first-order chi connectivity index (χ1) is 9.49. The fourth-order valence-electron chi connectivity index (χ4n) is 2.14. The number of aromatic nitrogens is 1. The number of amides is 2. The highest BCUT2D eigenvalue weighted by Gasteiger charge is 2.17. The zero-order chi connectivity index (χ0) is 14.7. The van der Waals surface area contributed by atoms with Gasteiger partial charge in [0.15, 0.2) is 0 Å². The van der Waals surface area contributed by atoms with E-state index in [-0.39, 0.29) is 11.3 Å². The molecule has 1 aromatic heterocycles. The van der Waals surface area contributed by atoms with Crippen molar-refractivity contribution in [3.63, 3.8) is 0 Å². The average molecular weight is 269 g/mol. The van der Waals surface area contributed by atoms with Gasteiger partial charge in [-0.25, -0.2) is 0 Å². The number of primary amides is 2. The van der Waals surface area contributed by atoms with Gasteiger partial charge in [0.05, 0.1) is 0 Å². The molecule has 0 spiro atoms. The summed E-state index contributed by atoms with van der Waals surface area (Å²) in [5.74, 6) is -1.27. The molecule has 2 amide bonds. The molecule has 1 aromatic carbocycles. The van der Waals surface area contributed by atoms with Crippen molar-refractivity contribution in [1.82, 2.24) is 4.98 Å². The normalized spacial score (nSPS) is 10.2. The van der Waals surface area contributed by atoms with E-state index in [1.807, 2.05) is 31.2 Å². The summed E-state index contributed by atoms with van der Waals surface area (Å²) >= 11 is 0. The maximum Gasteiger partial charge on any atom is 0.267 e. The van der Waals surface area contributed by atoms with Crippen LogP contribution in [0.15, 0.2) is 36.5 Å². The van der Waals surface area contributed by atoms with E-state index in [0.717, 1.165) is 11.1 Å². The van der Waals surface area contributed by atoms with E-state index in [4.69, 9.17) is 11.5 Å². The van der Waals surface area contributed by atoms with E-state index >= 15 is 0 Å².